The first kappa shape index (κ1) is 14.0. The van der Waals surface area contributed by atoms with Gasteiger partial charge in [0.25, 0.3) is 0 Å². The van der Waals surface area contributed by atoms with E-state index in [4.69, 9.17) is 9.47 Å². The summed E-state index contributed by atoms with van der Waals surface area (Å²) in [5.74, 6) is -0.528. The number of ether oxygens (including phenoxy) is 2. The SMILES string of the molecule is CCOCC(C(=O)OCC)c1cc2ccccc2s1. The van der Waals surface area contributed by atoms with E-state index in [1.54, 1.807) is 11.3 Å². The zero-order valence-electron chi connectivity index (χ0n) is 11.2. The van der Waals surface area contributed by atoms with Gasteiger partial charge in [0.2, 0.25) is 0 Å². The predicted molar refractivity (Wildman–Crippen MR) is 77.7 cm³/mol. The second-order valence-electron chi connectivity index (χ2n) is 4.15. The normalized spacial score (nSPS) is 12.5. The first-order valence-corrected chi connectivity index (χ1v) is 7.30. The number of carbonyl (C=O) groups excluding carboxylic acids is 1. The summed E-state index contributed by atoms with van der Waals surface area (Å²) < 4.78 is 11.7. The van der Waals surface area contributed by atoms with Crippen molar-refractivity contribution in [3.05, 3.63) is 35.2 Å². The molecule has 1 aromatic heterocycles. The Labute approximate surface area is 117 Å². The topological polar surface area (TPSA) is 35.5 Å². The molecule has 4 heteroatoms. The molecule has 19 heavy (non-hydrogen) atoms. The minimum Gasteiger partial charge on any atom is -0.465 e. The van der Waals surface area contributed by atoms with Crippen molar-refractivity contribution in [3.63, 3.8) is 0 Å². The molecule has 0 bridgehead atoms. The van der Waals surface area contributed by atoms with E-state index < -0.39 is 0 Å². The summed E-state index contributed by atoms with van der Waals surface area (Å²) in [6.07, 6.45) is 0. The van der Waals surface area contributed by atoms with Gasteiger partial charge in [0.05, 0.1) is 13.2 Å². The van der Waals surface area contributed by atoms with Gasteiger partial charge in [-0.05, 0) is 31.4 Å². The maximum Gasteiger partial charge on any atom is 0.316 e. The van der Waals surface area contributed by atoms with Crippen molar-refractivity contribution in [3.8, 4) is 0 Å². The van der Waals surface area contributed by atoms with Gasteiger partial charge in [-0.25, -0.2) is 0 Å². The van der Waals surface area contributed by atoms with Crippen molar-refractivity contribution in [2.24, 2.45) is 0 Å². The predicted octanol–water partition coefficient (Wildman–Crippen LogP) is 3.58. The van der Waals surface area contributed by atoms with E-state index in [9.17, 15) is 4.79 Å². The summed E-state index contributed by atoms with van der Waals surface area (Å²) in [6, 6.07) is 10.2. The number of thiophene rings is 1. The maximum atomic E-state index is 12.0. The summed E-state index contributed by atoms with van der Waals surface area (Å²) in [6.45, 7) is 5.11. The van der Waals surface area contributed by atoms with Crippen molar-refractivity contribution in [2.75, 3.05) is 19.8 Å². The number of esters is 1. The highest BCUT2D eigenvalue weighted by molar-refractivity contribution is 7.19. The lowest BCUT2D eigenvalue weighted by molar-refractivity contribution is -0.146. The highest BCUT2D eigenvalue weighted by atomic mass is 32.1. The maximum absolute atomic E-state index is 12.0. The second kappa shape index (κ2) is 6.68. The highest BCUT2D eigenvalue weighted by Crippen LogP contribution is 2.31. The summed E-state index contributed by atoms with van der Waals surface area (Å²) in [5, 5.41) is 1.16. The molecule has 0 radical (unpaired) electrons. The van der Waals surface area contributed by atoms with Gasteiger partial charge in [-0.15, -0.1) is 11.3 Å². The molecule has 0 saturated heterocycles. The van der Waals surface area contributed by atoms with Crippen LogP contribution in [0, 0.1) is 0 Å². The van der Waals surface area contributed by atoms with Gasteiger partial charge in [-0.2, -0.15) is 0 Å². The molecular formula is C15H18O3S. The molecule has 102 valence electrons. The molecule has 0 spiro atoms. The first-order chi connectivity index (χ1) is 9.26. The smallest absolute Gasteiger partial charge is 0.316 e. The van der Waals surface area contributed by atoms with Crippen molar-refractivity contribution >= 4 is 27.4 Å². The summed E-state index contributed by atoms with van der Waals surface area (Å²) in [7, 11) is 0. The Kier molecular flexibility index (Phi) is 4.93. The molecule has 0 aliphatic heterocycles. The van der Waals surface area contributed by atoms with Gasteiger partial charge < -0.3 is 9.47 Å². The first-order valence-electron chi connectivity index (χ1n) is 6.49. The molecular weight excluding hydrogens is 260 g/mol. The van der Waals surface area contributed by atoms with E-state index in [0.29, 0.717) is 19.8 Å². The van der Waals surface area contributed by atoms with Gasteiger partial charge in [0.15, 0.2) is 0 Å². The van der Waals surface area contributed by atoms with E-state index in [0.717, 1.165) is 10.3 Å². The van der Waals surface area contributed by atoms with Crippen LogP contribution in [0.5, 0.6) is 0 Å². The minimum atomic E-state index is -0.322. The molecule has 0 amide bonds. The van der Waals surface area contributed by atoms with E-state index >= 15 is 0 Å². The zero-order chi connectivity index (χ0) is 13.7. The number of fused-ring (bicyclic) bond motifs is 1. The fraction of sp³-hybridized carbons (Fsp3) is 0.400. The molecule has 1 aromatic carbocycles. The van der Waals surface area contributed by atoms with Crippen LogP contribution in [-0.4, -0.2) is 25.8 Å². The Morgan fingerprint density at radius 3 is 2.74 bits per heavy atom. The van der Waals surface area contributed by atoms with Crippen LogP contribution in [0.4, 0.5) is 0 Å². The van der Waals surface area contributed by atoms with Crippen LogP contribution in [0.2, 0.25) is 0 Å². The third-order valence-corrected chi connectivity index (χ3v) is 4.08. The van der Waals surface area contributed by atoms with Gasteiger partial charge in [-0.1, -0.05) is 18.2 Å². The molecule has 0 fully saturated rings. The van der Waals surface area contributed by atoms with Crippen LogP contribution >= 0.6 is 11.3 Å². The minimum absolute atomic E-state index is 0.206. The molecule has 1 unspecified atom stereocenters. The number of carbonyl (C=O) groups is 1. The third kappa shape index (κ3) is 3.33. The van der Waals surface area contributed by atoms with Gasteiger partial charge >= 0.3 is 5.97 Å². The second-order valence-corrected chi connectivity index (χ2v) is 5.27. The van der Waals surface area contributed by atoms with E-state index in [1.807, 2.05) is 26.0 Å². The van der Waals surface area contributed by atoms with Crippen LogP contribution in [0.15, 0.2) is 30.3 Å². The molecule has 2 rings (SSSR count). The Morgan fingerprint density at radius 1 is 1.26 bits per heavy atom. The van der Waals surface area contributed by atoms with Crippen LogP contribution in [0.3, 0.4) is 0 Å². The van der Waals surface area contributed by atoms with E-state index in [-0.39, 0.29) is 11.9 Å². The Morgan fingerprint density at radius 2 is 2.05 bits per heavy atom. The molecule has 0 saturated carbocycles. The lowest BCUT2D eigenvalue weighted by Gasteiger charge is -2.13. The standard InChI is InChI=1S/C15H18O3S/c1-3-17-10-12(15(16)18-4-2)14-9-11-7-5-6-8-13(11)19-14/h5-9,12H,3-4,10H2,1-2H3. The number of hydrogen-bond acceptors (Lipinski definition) is 4. The van der Waals surface area contributed by atoms with Crippen LogP contribution in [0.1, 0.15) is 24.6 Å². The van der Waals surface area contributed by atoms with E-state index in [2.05, 4.69) is 18.2 Å². The Balaban J connectivity index is 2.27. The zero-order valence-corrected chi connectivity index (χ0v) is 12.0. The molecule has 0 N–H and O–H groups in total. The lowest BCUT2D eigenvalue weighted by atomic mass is 10.1. The monoisotopic (exact) mass is 278 g/mol. The average molecular weight is 278 g/mol. The van der Waals surface area contributed by atoms with Crippen LogP contribution in [0.25, 0.3) is 10.1 Å². The largest absolute Gasteiger partial charge is 0.465 e. The van der Waals surface area contributed by atoms with Crippen molar-refractivity contribution in [1.82, 2.24) is 0 Å². The molecule has 1 atom stereocenters. The Bertz CT molecular complexity index is 514. The fourth-order valence-electron chi connectivity index (χ4n) is 1.92. The number of benzene rings is 1. The Hall–Kier alpha value is -1.39. The summed E-state index contributed by atoms with van der Waals surface area (Å²) in [4.78, 5) is 13.0. The number of hydrogen-bond donors (Lipinski definition) is 0. The summed E-state index contributed by atoms with van der Waals surface area (Å²) >= 11 is 1.63. The van der Waals surface area contributed by atoms with Crippen molar-refractivity contribution in [1.29, 1.82) is 0 Å². The van der Waals surface area contributed by atoms with Gasteiger partial charge in [0, 0.05) is 16.2 Å². The van der Waals surface area contributed by atoms with Crippen LogP contribution in [-0.2, 0) is 14.3 Å². The lowest BCUT2D eigenvalue weighted by Crippen LogP contribution is -2.20. The third-order valence-electron chi connectivity index (χ3n) is 2.85. The number of rotatable bonds is 6. The van der Waals surface area contributed by atoms with Gasteiger partial charge in [-0.3, -0.25) is 4.79 Å². The molecule has 2 aromatic rings. The van der Waals surface area contributed by atoms with Gasteiger partial charge in [0.1, 0.15) is 5.92 Å². The molecule has 1 heterocycles. The van der Waals surface area contributed by atoms with Crippen molar-refractivity contribution in [2.45, 2.75) is 19.8 Å². The quantitative estimate of drug-likeness (QED) is 0.758. The summed E-state index contributed by atoms with van der Waals surface area (Å²) in [5.41, 5.74) is 0. The molecule has 0 aliphatic carbocycles. The van der Waals surface area contributed by atoms with E-state index in [1.165, 1.54) is 4.70 Å². The van der Waals surface area contributed by atoms with Crippen LogP contribution < -0.4 is 0 Å². The average Bonchev–Trinajstić information content (AvgIpc) is 2.83. The fourth-order valence-corrected chi connectivity index (χ4v) is 3.06. The van der Waals surface area contributed by atoms with Crippen molar-refractivity contribution < 1.29 is 14.3 Å². The molecule has 3 nitrogen and oxygen atoms in total. The molecule has 0 aliphatic rings. The highest BCUT2D eigenvalue weighted by Gasteiger charge is 2.24.